The summed E-state index contributed by atoms with van der Waals surface area (Å²) in [7, 11) is -2.76. The van der Waals surface area contributed by atoms with Crippen LogP contribution in [0.4, 0.5) is 0 Å². The van der Waals surface area contributed by atoms with E-state index in [2.05, 4.69) is 10.1 Å². The number of ether oxygens (including phenoxy) is 1. The number of aliphatic hydroxyl groups excluding tert-OH is 1. The average molecular weight is 545 g/mol. The Kier molecular flexibility index (Phi) is 9.82. The Morgan fingerprint density at radius 3 is 2.16 bits per heavy atom. The molecule has 37 heavy (non-hydrogen) atoms. The summed E-state index contributed by atoms with van der Waals surface area (Å²) < 4.78 is 33.6. The van der Waals surface area contributed by atoms with Crippen LogP contribution in [0.3, 0.4) is 0 Å². The van der Waals surface area contributed by atoms with Gasteiger partial charge in [0.2, 0.25) is 10.0 Å². The van der Waals surface area contributed by atoms with Gasteiger partial charge in [-0.2, -0.15) is 4.31 Å². The Morgan fingerprint density at radius 2 is 1.62 bits per heavy atom. The van der Waals surface area contributed by atoms with Crippen molar-refractivity contribution in [2.75, 3.05) is 13.7 Å². The number of nitrogens with zero attached hydrogens (tertiary/aromatic N) is 1. The lowest BCUT2D eigenvalue weighted by molar-refractivity contribution is -0.143. The maximum atomic E-state index is 13.8. The predicted molar refractivity (Wildman–Crippen MR) is 140 cm³/mol. The molecule has 2 N–H and O–H groups in total. The molecule has 10 heteroatoms. The monoisotopic (exact) mass is 544 g/mol. The van der Waals surface area contributed by atoms with Crippen LogP contribution >= 0.6 is 11.6 Å². The normalized spacial score (nSPS) is 13.1. The van der Waals surface area contributed by atoms with Gasteiger partial charge in [0.25, 0.3) is 5.91 Å². The van der Waals surface area contributed by atoms with E-state index in [0.717, 1.165) is 12.7 Å². The Balaban J connectivity index is 1.92. The molecule has 0 spiro atoms. The van der Waals surface area contributed by atoms with Crippen molar-refractivity contribution in [2.45, 2.75) is 36.9 Å². The number of hydrogen-bond acceptors (Lipinski definition) is 6. The predicted octanol–water partition coefficient (Wildman–Crippen LogP) is 3.95. The number of amides is 1. The summed E-state index contributed by atoms with van der Waals surface area (Å²) >= 11 is 5.98. The van der Waals surface area contributed by atoms with Gasteiger partial charge in [0.1, 0.15) is 0 Å². The first-order valence-corrected chi connectivity index (χ1v) is 13.4. The van der Waals surface area contributed by atoms with Crippen molar-refractivity contribution in [2.24, 2.45) is 0 Å². The smallest absolute Gasteiger partial charge is 0.330 e. The van der Waals surface area contributed by atoms with Gasteiger partial charge in [-0.25, -0.2) is 13.2 Å². The van der Waals surface area contributed by atoms with Crippen LogP contribution in [0.2, 0.25) is 5.02 Å². The zero-order valence-corrected chi connectivity index (χ0v) is 22.1. The van der Waals surface area contributed by atoms with Gasteiger partial charge >= 0.3 is 5.97 Å². The molecular weight excluding hydrogens is 516 g/mol. The summed E-state index contributed by atoms with van der Waals surface area (Å²) in [5, 5.41) is 12.2. The van der Waals surface area contributed by atoms with E-state index in [1.54, 1.807) is 12.1 Å². The molecule has 0 saturated heterocycles. The first-order valence-electron chi connectivity index (χ1n) is 11.6. The summed E-state index contributed by atoms with van der Waals surface area (Å²) in [5.41, 5.74) is 1.76. The maximum absolute atomic E-state index is 13.8. The molecule has 0 fully saturated rings. The molecule has 0 radical (unpaired) electrons. The van der Waals surface area contributed by atoms with Gasteiger partial charge in [-0.05, 0) is 53.9 Å². The van der Waals surface area contributed by atoms with E-state index < -0.39 is 40.6 Å². The number of esters is 1. The van der Waals surface area contributed by atoms with E-state index in [9.17, 15) is 23.1 Å². The first kappa shape index (κ1) is 28.3. The van der Waals surface area contributed by atoms with Crippen LogP contribution in [-0.2, 0) is 26.1 Å². The molecular formula is C27H29ClN2O6S. The Bertz CT molecular complexity index is 1300. The molecule has 0 aliphatic carbocycles. The van der Waals surface area contributed by atoms with Gasteiger partial charge in [-0.1, -0.05) is 61.0 Å². The van der Waals surface area contributed by atoms with Crippen LogP contribution < -0.4 is 5.32 Å². The molecule has 2 atom stereocenters. The molecule has 3 aromatic carbocycles. The molecule has 0 aromatic heterocycles. The van der Waals surface area contributed by atoms with E-state index in [-0.39, 0.29) is 17.0 Å². The topological polar surface area (TPSA) is 113 Å². The molecule has 0 heterocycles. The average Bonchev–Trinajstić information content (AvgIpc) is 2.92. The molecule has 3 rings (SSSR count). The van der Waals surface area contributed by atoms with Crippen LogP contribution in [0.25, 0.3) is 0 Å². The molecule has 0 bridgehead atoms. The highest BCUT2D eigenvalue weighted by atomic mass is 35.5. The van der Waals surface area contributed by atoms with Gasteiger partial charge in [-0.15, -0.1) is 0 Å². The van der Waals surface area contributed by atoms with Crippen molar-refractivity contribution < 1.29 is 27.9 Å². The second-order valence-electron chi connectivity index (χ2n) is 8.27. The van der Waals surface area contributed by atoms with Crippen molar-refractivity contribution in [1.29, 1.82) is 0 Å². The van der Waals surface area contributed by atoms with Gasteiger partial charge in [0, 0.05) is 17.1 Å². The molecule has 196 valence electrons. The van der Waals surface area contributed by atoms with Crippen molar-refractivity contribution in [3.05, 3.63) is 101 Å². The van der Waals surface area contributed by atoms with Crippen LogP contribution in [0, 0.1) is 0 Å². The highest BCUT2D eigenvalue weighted by Crippen LogP contribution is 2.32. The van der Waals surface area contributed by atoms with Gasteiger partial charge in [0.05, 0.1) is 24.7 Å². The Labute approximate surface area is 221 Å². The standard InChI is InChI=1S/C27H29ClN2O6S/c1-3-25(20-7-5-4-6-8-20)30(37(34,35)23-15-13-22(28)14-16-23)17-19-9-11-21(12-10-19)26(32)29-24(18-31)27(33)36-2/h4-16,24-25,31H,3,17-18H2,1-2H3,(H,29,32)/t24-,25?/m0/s1. The lowest BCUT2D eigenvalue weighted by Crippen LogP contribution is -2.44. The first-order chi connectivity index (χ1) is 17.7. The van der Waals surface area contributed by atoms with Crippen LogP contribution in [0.15, 0.2) is 83.8 Å². The number of hydrogen-bond donors (Lipinski definition) is 2. The SMILES string of the molecule is CCC(c1ccccc1)N(Cc1ccc(C(=O)N[C@@H](CO)C(=O)OC)cc1)S(=O)(=O)c1ccc(Cl)cc1. The minimum Gasteiger partial charge on any atom is -0.467 e. The van der Waals surface area contributed by atoms with Crippen LogP contribution in [-0.4, -0.2) is 49.5 Å². The molecule has 1 unspecified atom stereocenters. The molecule has 3 aromatic rings. The van der Waals surface area contributed by atoms with Crippen LogP contribution in [0.1, 0.15) is 40.9 Å². The third-order valence-electron chi connectivity index (χ3n) is 5.87. The summed E-state index contributed by atoms with van der Waals surface area (Å²) in [4.78, 5) is 24.3. The summed E-state index contributed by atoms with van der Waals surface area (Å²) in [5.74, 6) is -1.33. The zero-order chi connectivity index (χ0) is 27.0. The minimum atomic E-state index is -3.92. The van der Waals surface area contributed by atoms with Crippen molar-refractivity contribution in [3.8, 4) is 0 Å². The lowest BCUT2D eigenvalue weighted by atomic mass is 10.0. The Morgan fingerprint density at radius 1 is 1.00 bits per heavy atom. The molecule has 0 aliphatic rings. The van der Waals surface area contributed by atoms with Crippen LogP contribution in [0.5, 0.6) is 0 Å². The number of carbonyl (C=O) groups is 2. The fraction of sp³-hybridized carbons (Fsp3) is 0.259. The largest absolute Gasteiger partial charge is 0.467 e. The molecule has 0 saturated carbocycles. The van der Waals surface area contributed by atoms with E-state index in [1.165, 1.54) is 40.7 Å². The maximum Gasteiger partial charge on any atom is 0.330 e. The number of aliphatic hydroxyl groups is 1. The number of halogens is 1. The fourth-order valence-corrected chi connectivity index (χ4v) is 5.69. The van der Waals surface area contributed by atoms with Gasteiger partial charge in [-0.3, -0.25) is 4.79 Å². The molecule has 1 amide bonds. The number of nitrogens with one attached hydrogen (secondary N) is 1. The van der Waals surface area contributed by atoms with E-state index in [1.807, 2.05) is 37.3 Å². The van der Waals surface area contributed by atoms with Crippen molar-refractivity contribution in [3.63, 3.8) is 0 Å². The second kappa shape index (κ2) is 12.8. The molecule has 0 aliphatic heterocycles. The third-order valence-corrected chi connectivity index (χ3v) is 7.99. The number of benzene rings is 3. The van der Waals surface area contributed by atoms with Crippen molar-refractivity contribution >= 4 is 33.5 Å². The van der Waals surface area contributed by atoms with E-state index >= 15 is 0 Å². The minimum absolute atomic E-state index is 0.0572. The Hall–Kier alpha value is -3.24. The highest BCUT2D eigenvalue weighted by molar-refractivity contribution is 7.89. The molecule has 8 nitrogen and oxygen atoms in total. The quantitative estimate of drug-likeness (QED) is 0.353. The highest BCUT2D eigenvalue weighted by Gasteiger charge is 2.32. The number of sulfonamides is 1. The summed E-state index contributed by atoms with van der Waals surface area (Å²) in [6.45, 7) is 1.38. The lowest BCUT2D eigenvalue weighted by Gasteiger charge is -2.31. The summed E-state index contributed by atoms with van der Waals surface area (Å²) in [6.07, 6.45) is 0.535. The van der Waals surface area contributed by atoms with E-state index in [4.69, 9.17) is 11.6 Å². The van der Waals surface area contributed by atoms with E-state index in [0.29, 0.717) is 17.0 Å². The fourth-order valence-electron chi connectivity index (χ4n) is 3.89. The van der Waals surface area contributed by atoms with Gasteiger partial charge < -0.3 is 15.2 Å². The van der Waals surface area contributed by atoms with Gasteiger partial charge in [0.15, 0.2) is 6.04 Å². The van der Waals surface area contributed by atoms with Crippen molar-refractivity contribution in [1.82, 2.24) is 9.62 Å². The second-order valence-corrected chi connectivity index (χ2v) is 10.6. The number of carbonyl (C=O) groups excluding carboxylic acids is 2. The third kappa shape index (κ3) is 6.95. The zero-order valence-electron chi connectivity index (χ0n) is 20.5. The summed E-state index contributed by atoms with van der Waals surface area (Å²) in [6, 6.07) is 20.2. The number of methoxy groups -OCH3 is 1. The number of rotatable bonds is 11.